The number of aliphatic imine (C=N–C) groups is 1. The molecule has 0 radical (unpaired) electrons. The third kappa shape index (κ3) is 5.26. The van der Waals surface area contributed by atoms with E-state index in [2.05, 4.69) is 36.1 Å². The Bertz CT molecular complexity index is 907. The molecule has 0 bridgehead atoms. The Kier molecular flexibility index (Phi) is 7.45. The van der Waals surface area contributed by atoms with Crippen LogP contribution in [0, 0.1) is 0 Å². The van der Waals surface area contributed by atoms with Crippen molar-refractivity contribution in [2.24, 2.45) is 4.99 Å². The van der Waals surface area contributed by atoms with E-state index in [0.717, 1.165) is 49.2 Å². The molecule has 7 nitrogen and oxygen atoms in total. The fourth-order valence-electron chi connectivity index (χ4n) is 3.29. The van der Waals surface area contributed by atoms with E-state index in [0.29, 0.717) is 12.4 Å². The minimum atomic E-state index is 0. The molecule has 0 saturated carbocycles. The van der Waals surface area contributed by atoms with Crippen molar-refractivity contribution in [3.05, 3.63) is 66.7 Å². The molecule has 4 rings (SSSR count). The second kappa shape index (κ2) is 10.2. The Hall–Kier alpha value is -2.62. The number of aromatic nitrogens is 2. The minimum Gasteiger partial charge on any atom is -0.444 e. The quantitative estimate of drug-likeness (QED) is 0.334. The first-order valence-corrected chi connectivity index (χ1v) is 9.45. The molecule has 2 aromatic heterocycles. The van der Waals surface area contributed by atoms with Crippen molar-refractivity contribution in [2.45, 2.75) is 6.54 Å². The van der Waals surface area contributed by atoms with Crippen LogP contribution in [-0.2, 0) is 6.54 Å². The van der Waals surface area contributed by atoms with Gasteiger partial charge in [0.2, 0.25) is 5.89 Å². The molecule has 0 unspecified atom stereocenters. The van der Waals surface area contributed by atoms with Gasteiger partial charge in [-0.15, -0.1) is 24.0 Å². The van der Waals surface area contributed by atoms with Crippen LogP contribution in [0.3, 0.4) is 0 Å². The SMILES string of the molecule is CN=C(NCc1coc(-c2ccccc2)n1)N1CCN(c2ccccn2)CC1.I. The summed E-state index contributed by atoms with van der Waals surface area (Å²) in [4.78, 5) is 18.0. The summed E-state index contributed by atoms with van der Waals surface area (Å²) in [6, 6.07) is 15.9. The van der Waals surface area contributed by atoms with Crippen LogP contribution in [0.2, 0.25) is 0 Å². The van der Waals surface area contributed by atoms with Crippen molar-refractivity contribution < 1.29 is 4.42 Å². The van der Waals surface area contributed by atoms with Gasteiger partial charge in [-0.1, -0.05) is 24.3 Å². The largest absolute Gasteiger partial charge is 0.444 e. The number of nitrogens with zero attached hydrogens (tertiary/aromatic N) is 5. The number of nitrogens with one attached hydrogen (secondary N) is 1. The average Bonchev–Trinajstić information content (AvgIpc) is 3.25. The molecule has 1 N–H and O–H groups in total. The van der Waals surface area contributed by atoms with Crippen LogP contribution in [0.4, 0.5) is 5.82 Å². The lowest BCUT2D eigenvalue weighted by Gasteiger charge is -2.37. The summed E-state index contributed by atoms with van der Waals surface area (Å²) in [5.74, 6) is 2.54. The van der Waals surface area contributed by atoms with Crippen molar-refractivity contribution in [1.29, 1.82) is 0 Å². The summed E-state index contributed by atoms with van der Waals surface area (Å²) < 4.78 is 5.61. The van der Waals surface area contributed by atoms with Crippen LogP contribution in [0.15, 0.2) is 70.4 Å². The number of halogens is 1. The van der Waals surface area contributed by atoms with Gasteiger partial charge in [0, 0.05) is 45.0 Å². The molecule has 3 aromatic rings. The minimum absolute atomic E-state index is 0. The highest BCUT2D eigenvalue weighted by Gasteiger charge is 2.20. The number of guanidine groups is 1. The molecule has 152 valence electrons. The second-order valence-electron chi connectivity index (χ2n) is 6.57. The van der Waals surface area contributed by atoms with Crippen LogP contribution in [-0.4, -0.2) is 54.1 Å². The lowest BCUT2D eigenvalue weighted by molar-refractivity contribution is 0.371. The zero-order valence-corrected chi connectivity index (χ0v) is 18.7. The van der Waals surface area contributed by atoms with Gasteiger partial charge in [0.05, 0.1) is 12.2 Å². The second-order valence-corrected chi connectivity index (χ2v) is 6.57. The van der Waals surface area contributed by atoms with Crippen LogP contribution in [0.25, 0.3) is 11.5 Å². The van der Waals surface area contributed by atoms with E-state index in [4.69, 9.17) is 4.42 Å². The molecule has 1 saturated heterocycles. The van der Waals surface area contributed by atoms with E-state index in [1.165, 1.54) is 0 Å². The number of piperazine rings is 1. The lowest BCUT2D eigenvalue weighted by atomic mass is 10.2. The Balaban J connectivity index is 0.00000240. The number of hydrogen-bond acceptors (Lipinski definition) is 5. The van der Waals surface area contributed by atoms with Gasteiger partial charge in [-0.25, -0.2) is 9.97 Å². The summed E-state index contributed by atoms with van der Waals surface area (Å²) >= 11 is 0. The molecule has 0 atom stereocenters. The maximum absolute atomic E-state index is 5.61. The molecule has 1 aromatic carbocycles. The number of rotatable bonds is 4. The number of hydrogen-bond donors (Lipinski definition) is 1. The van der Waals surface area contributed by atoms with Gasteiger partial charge in [-0.05, 0) is 24.3 Å². The molecule has 3 heterocycles. The van der Waals surface area contributed by atoms with Crippen molar-refractivity contribution in [3.63, 3.8) is 0 Å². The Morgan fingerprint density at radius 1 is 1.07 bits per heavy atom. The summed E-state index contributed by atoms with van der Waals surface area (Å²) in [5.41, 5.74) is 1.83. The maximum atomic E-state index is 5.61. The number of benzene rings is 1. The molecule has 8 heteroatoms. The predicted octanol–water partition coefficient (Wildman–Crippen LogP) is 3.25. The highest BCUT2D eigenvalue weighted by Crippen LogP contribution is 2.18. The van der Waals surface area contributed by atoms with E-state index in [-0.39, 0.29) is 24.0 Å². The van der Waals surface area contributed by atoms with Gasteiger partial charge in [0.15, 0.2) is 5.96 Å². The average molecular weight is 504 g/mol. The topological polar surface area (TPSA) is 69.8 Å². The standard InChI is InChI=1S/C21H24N6O.HI/c1-22-21(27-13-11-26(12-14-27)19-9-5-6-10-23-19)24-15-18-16-28-20(25-18)17-7-3-2-4-8-17;/h2-10,16H,11-15H2,1H3,(H,22,24);1H. The molecule has 0 amide bonds. The summed E-state index contributed by atoms with van der Waals surface area (Å²) in [6.07, 6.45) is 3.53. The molecular weight excluding hydrogens is 479 g/mol. The fourth-order valence-corrected chi connectivity index (χ4v) is 3.29. The Labute approximate surface area is 187 Å². The molecule has 1 fully saturated rings. The normalized spacial score (nSPS) is 14.4. The smallest absolute Gasteiger partial charge is 0.226 e. The molecule has 0 spiro atoms. The highest BCUT2D eigenvalue weighted by atomic mass is 127. The summed E-state index contributed by atoms with van der Waals surface area (Å²) in [6.45, 7) is 4.19. The molecule has 1 aliphatic rings. The number of anilines is 1. The van der Waals surface area contributed by atoms with Gasteiger partial charge in [0.1, 0.15) is 12.1 Å². The van der Waals surface area contributed by atoms with Gasteiger partial charge in [-0.3, -0.25) is 4.99 Å². The van der Waals surface area contributed by atoms with E-state index in [1.54, 1.807) is 6.26 Å². The van der Waals surface area contributed by atoms with Crippen molar-refractivity contribution in [1.82, 2.24) is 20.2 Å². The van der Waals surface area contributed by atoms with Crippen LogP contribution >= 0.6 is 24.0 Å². The van der Waals surface area contributed by atoms with Gasteiger partial charge < -0.3 is 19.5 Å². The zero-order valence-electron chi connectivity index (χ0n) is 16.4. The summed E-state index contributed by atoms with van der Waals surface area (Å²) in [5, 5.41) is 3.39. The van der Waals surface area contributed by atoms with E-state index in [1.807, 2.05) is 55.7 Å². The Morgan fingerprint density at radius 3 is 2.52 bits per heavy atom. The lowest BCUT2D eigenvalue weighted by Crippen LogP contribution is -2.52. The predicted molar refractivity (Wildman–Crippen MR) is 126 cm³/mol. The molecule has 1 aliphatic heterocycles. The monoisotopic (exact) mass is 504 g/mol. The van der Waals surface area contributed by atoms with Crippen LogP contribution in [0.5, 0.6) is 0 Å². The van der Waals surface area contributed by atoms with Crippen LogP contribution < -0.4 is 10.2 Å². The zero-order chi connectivity index (χ0) is 19.2. The summed E-state index contributed by atoms with van der Waals surface area (Å²) in [7, 11) is 1.81. The van der Waals surface area contributed by atoms with E-state index in [9.17, 15) is 0 Å². The van der Waals surface area contributed by atoms with Crippen molar-refractivity contribution >= 4 is 35.8 Å². The first kappa shape index (κ1) is 21.1. The fraction of sp³-hybridized carbons (Fsp3) is 0.286. The van der Waals surface area contributed by atoms with Gasteiger partial charge in [0.25, 0.3) is 0 Å². The van der Waals surface area contributed by atoms with Crippen molar-refractivity contribution in [3.8, 4) is 11.5 Å². The molecule has 0 aliphatic carbocycles. The molecular formula is C21H25IN6O. The van der Waals surface area contributed by atoms with E-state index < -0.39 is 0 Å². The van der Waals surface area contributed by atoms with E-state index >= 15 is 0 Å². The maximum Gasteiger partial charge on any atom is 0.226 e. The first-order chi connectivity index (χ1) is 13.8. The third-order valence-corrected chi connectivity index (χ3v) is 4.76. The molecule has 29 heavy (non-hydrogen) atoms. The Morgan fingerprint density at radius 2 is 1.83 bits per heavy atom. The van der Waals surface area contributed by atoms with Crippen LogP contribution in [0.1, 0.15) is 5.69 Å². The van der Waals surface area contributed by atoms with Gasteiger partial charge in [-0.2, -0.15) is 0 Å². The third-order valence-electron chi connectivity index (χ3n) is 4.76. The number of oxazole rings is 1. The van der Waals surface area contributed by atoms with Crippen molar-refractivity contribution in [2.75, 3.05) is 38.1 Å². The first-order valence-electron chi connectivity index (χ1n) is 9.45. The number of pyridine rings is 1. The van der Waals surface area contributed by atoms with Gasteiger partial charge >= 0.3 is 0 Å². The highest BCUT2D eigenvalue weighted by molar-refractivity contribution is 14.0.